The Morgan fingerprint density at radius 1 is 1.27 bits per heavy atom. The molecular weight excluding hydrogens is 539 g/mol. The van der Waals surface area contributed by atoms with Gasteiger partial charge in [0.05, 0.1) is 31.5 Å². The molecule has 40 heavy (non-hydrogen) atoms. The van der Waals surface area contributed by atoms with Crippen LogP contribution in [-0.4, -0.2) is 69.3 Å². The van der Waals surface area contributed by atoms with Crippen LogP contribution in [0, 0.1) is 12.7 Å². The van der Waals surface area contributed by atoms with E-state index in [4.69, 9.17) is 19.2 Å². The van der Waals surface area contributed by atoms with Gasteiger partial charge in [-0.3, -0.25) is 9.59 Å². The first-order valence-electron chi connectivity index (χ1n) is 12.7. The largest absolute Gasteiger partial charge is 0.496 e. The fraction of sp³-hybridized carbons (Fsp3) is 0.370. The molecule has 0 unspecified atom stereocenters. The van der Waals surface area contributed by atoms with Crippen LogP contribution in [0.5, 0.6) is 11.8 Å². The lowest BCUT2D eigenvalue weighted by Crippen LogP contribution is -2.33. The highest BCUT2D eigenvalue weighted by Crippen LogP contribution is 2.34. The maximum absolute atomic E-state index is 14.2. The zero-order valence-corrected chi connectivity index (χ0v) is 23.2. The highest BCUT2D eigenvalue weighted by molar-refractivity contribution is 7.21. The van der Waals surface area contributed by atoms with Gasteiger partial charge in [0.1, 0.15) is 40.2 Å². The van der Waals surface area contributed by atoms with Gasteiger partial charge in [-0.2, -0.15) is 15.2 Å². The normalized spacial score (nSPS) is 16.1. The zero-order chi connectivity index (χ0) is 28.4. The Kier molecular flexibility index (Phi) is 7.94. The van der Waals surface area contributed by atoms with Crippen molar-refractivity contribution in [2.45, 2.75) is 31.9 Å². The number of likely N-dealkylation sites (tertiary alicyclic amines) is 1. The quantitative estimate of drug-likeness (QED) is 0.199. The number of hydrogen-bond acceptors (Lipinski definition) is 9. The molecule has 1 amide bonds. The molecule has 11 nitrogen and oxygen atoms in total. The van der Waals surface area contributed by atoms with E-state index in [0.717, 1.165) is 0 Å². The lowest BCUT2D eigenvalue weighted by molar-refractivity contribution is -0.129. The monoisotopic (exact) mass is 568 g/mol. The molecule has 13 heteroatoms. The van der Waals surface area contributed by atoms with Crippen molar-refractivity contribution in [2.24, 2.45) is 0 Å². The third kappa shape index (κ3) is 5.09. The number of aryl methyl sites for hydroxylation is 1. The number of thiophene rings is 1. The Morgan fingerprint density at radius 3 is 2.73 bits per heavy atom. The Bertz CT molecular complexity index is 1600. The zero-order valence-electron chi connectivity index (χ0n) is 22.4. The van der Waals surface area contributed by atoms with Crippen molar-refractivity contribution >= 4 is 27.5 Å². The molecule has 0 N–H and O–H groups in total. The number of ether oxygens (including phenoxy) is 3. The summed E-state index contributed by atoms with van der Waals surface area (Å²) in [6.45, 7) is 6.19. The predicted octanol–water partition coefficient (Wildman–Crippen LogP) is 3.61. The summed E-state index contributed by atoms with van der Waals surface area (Å²) in [5.74, 6) is -0.245. The van der Waals surface area contributed by atoms with Crippen LogP contribution in [0.15, 0.2) is 48.0 Å². The summed E-state index contributed by atoms with van der Waals surface area (Å²) in [7, 11) is 3.18. The summed E-state index contributed by atoms with van der Waals surface area (Å²) < 4.78 is 33.2. The molecule has 1 aromatic carbocycles. The number of rotatable bonds is 11. The minimum Gasteiger partial charge on any atom is -0.496 e. The SMILES string of the molecule is C=CCCO[C@@H](COc1nc2sc(-n3nccn3)c(C)c2c(=O)n1[C@H]1CCN(C)C1=O)c1cc(F)ccc1OC. The molecule has 4 aromatic rings. The summed E-state index contributed by atoms with van der Waals surface area (Å²) in [5, 5.41) is 9.39. The fourth-order valence-corrected chi connectivity index (χ4v) is 5.81. The van der Waals surface area contributed by atoms with Crippen molar-refractivity contribution in [3.8, 4) is 16.8 Å². The number of hydrogen-bond donors (Lipinski definition) is 0. The average Bonchev–Trinajstić information content (AvgIpc) is 3.67. The first-order valence-corrected chi connectivity index (χ1v) is 13.5. The van der Waals surface area contributed by atoms with Crippen LogP contribution in [0.4, 0.5) is 4.39 Å². The first kappa shape index (κ1) is 27.5. The molecule has 0 aliphatic carbocycles. The summed E-state index contributed by atoms with van der Waals surface area (Å²) in [6.07, 6.45) is 5.02. The van der Waals surface area contributed by atoms with Crippen LogP contribution in [0.2, 0.25) is 0 Å². The van der Waals surface area contributed by atoms with Crippen molar-refractivity contribution < 1.29 is 23.4 Å². The minimum absolute atomic E-state index is 0.0277. The van der Waals surface area contributed by atoms with Crippen molar-refractivity contribution in [3.05, 3.63) is 70.5 Å². The minimum atomic E-state index is -0.779. The van der Waals surface area contributed by atoms with Gasteiger partial charge in [0.15, 0.2) is 0 Å². The number of carbonyl (C=O) groups excluding carboxylic acids is 1. The van der Waals surface area contributed by atoms with Crippen molar-refractivity contribution in [2.75, 3.05) is 33.9 Å². The standard InChI is InChI=1S/C27H29FN6O5S/c1-5-6-13-38-21(18-14-17(28)7-8-20(18)37-4)15-39-27-31-23-22(16(2)26(40-23)34-29-10-11-30-34)25(36)33(27)19-9-12-32(3)24(19)35/h5,7-8,10-11,14,19,21H,1,6,9,12-13,15H2,2-4H3/t19-,21-/m0/s1. The van der Waals surface area contributed by atoms with E-state index in [2.05, 4.69) is 16.8 Å². The summed E-state index contributed by atoms with van der Waals surface area (Å²) >= 11 is 1.24. The van der Waals surface area contributed by atoms with Crippen LogP contribution < -0.4 is 15.0 Å². The topological polar surface area (TPSA) is 114 Å². The Hall–Kier alpha value is -4.10. The Labute approximate surface area is 233 Å². The molecule has 210 valence electrons. The molecular formula is C27H29FN6O5S. The number of aromatic nitrogens is 5. The molecule has 0 radical (unpaired) electrons. The van der Waals surface area contributed by atoms with Gasteiger partial charge in [-0.1, -0.05) is 17.4 Å². The first-order chi connectivity index (χ1) is 19.3. The van der Waals surface area contributed by atoms with Crippen LogP contribution in [0.25, 0.3) is 15.2 Å². The molecule has 0 spiro atoms. The van der Waals surface area contributed by atoms with E-state index in [0.29, 0.717) is 58.1 Å². The number of likely N-dealkylation sites (N-methyl/N-ethyl adjacent to an activating group) is 1. The molecule has 2 atom stereocenters. The van der Waals surface area contributed by atoms with Gasteiger partial charge in [0.25, 0.3) is 5.56 Å². The number of nitrogens with zero attached hydrogens (tertiary/aromatic N) is 6. The molecule has 5 rings (SSSR count). The number of amides is 1. The summed E-state index contributed by atoms with van der Waals surface area (Å²) in [5.41, 5.74) is 0.702. The van der Waals surface area contributed by atoms with E-state index in [1.165, 1.54) is 46.0 Å². The van der Waals surface area contributed by atoms with Crippen molar-refractivity contribution in [1.29, 1.82) is 0 Å². The van der Waals surface area contributed by atoms with Gasteiger partial charge in [-0.05, 0) is 38.0 Å². The average molecular weight is 569 g/mol. The van der Waals surface area contributed by atoms with Crippen molar-refractivity contribution in [1.82, 2.24) is 29.4 Å². The molecule has 0 bridgehead atoms. The number of fused-ring (bicyclic) bond motifs is 1. The lowest BCUT2D eigenvalue weighted by atomic mass is 10.1. The molecule has 1 saturated heterocycles. The third-order valence-corrected chi connectivity index (χ3v) is 7.95. The second-order valence-corrected chi connectivity index (χ2v) is 10.3. The maximum atomic E-state index is 14.2. The Morgan fingerprint density at radius 2 is 2.05 bits per heavy atom. The molecule has 1 aliphatic rings. The van der Waals surface area contributed by atoms with Crippen LogP contribution >= 0.6 is 11.3 Å². The van der Waals surface area contributed by atoms with Crippen molar-refractivity contribution in [3.63, 3.8) is 0 Å². The van der Waals surface area contributed by atoms with Crippen LogP contribution in [0.1, 0.15) is 36.1 Å². The van der Waals surface area contributed by atoms with Crippen LogP contribution in [0.3, 0.4) is 0 Å². The third-order valence-electron chi connectivity index (χ3n) is 6.79. The van der Waals surface area contributed by atoms with E-state index in [9.17, 15) is 14.0 Å². The van der Waals surface area contributed by atoms with Gasteiger partial charge >= 0.3 is 6.01 Å². The van der Waals surface area contributed by atoms with Gasteiger partial charge in [0.2, 0.25) is 5.91 Å². The van der Waals surface area contributed by atoms with E-state index in [-0.39, 0.29) is 18.5 Å². The van der Waals surface area contributed by atoms with Gasteiger partial charge in [-0.15, -0.1) is 11.4 Å². The number of carbonyl (C=O) groups is 1. The van der Waals surface area contributed by atoms with Gasteiger partial charge in [-0.25, -0.2) is 8.96 Å². The Balaban J connectivity index is 1.59. The smallest absolute Gasteiger partial charge is 0.301 e. The number of benzene rings is 1. The summed E-state index contributed by atoms with van der Waals surface area (Å²) in [6, 6.07) is 3.33. The maximum Gasteiger partial charge on any atom is 0.301 e. The lowest BCUT2D eigenvalue weighted by Gasteiger charge is -2.23. The van der Waals surface area contributed by atoms with Gasteiger partial charge in [0, 0.05) is 24.7 Å². The molecule has 3 aromatic heterocycles. The van der Waals surface area contributed by atoms with E-state index >= 15 is 0 Å². The van der Waals surface area contributed by atoms with Gasteiger partial charge < -0.3 is 19.1 Å². The van der Waals surface area contributed by atoms with E-state index in [1.54, 1.807) is 37.3 Å². The molecule has 1 fully saturated rings. The second kappa shape index (κ2) is 11.6. The fourth-order valence-electron chi connectivity index (χ4n) is 4.73. The van der Waals surface area contributed by atoms with E-state index in [1.807, 2.05) is 0 Å². The molecule has 1 aliphatic heterocycles. The highest BCUT2D eigenvalue weighted by atomic mass is 32.1. The molecule has 0 saturated carbocycles. The number of halogens is 1. The van der Waals surface area contributed by atoms with E-state index < -0.39 is 23.5 Å². The second-order valence-electron chi connectivity index (χ2n) is 9.30. The predicted molar refractivity (Wildman–Crippen MR) is 147 cm³/mol. The highest BCUT2D eigenvalue weighted by Gasteiger charge is 2.35. The number of methoxy groups -OCH3 is 1. The van der Waals surface area contributed by atoms with Crippen LogP contribution in [-0.2, 0) is 9.53 Å². The molecule has 4 heterocycles. The summed E-state index contributed by atoms with van der Waals surface area (Å²) in [4.78, 5) is 35.2.